The maximum Gasteiger partial charge on any atom is 0.191 e. The predicted octanol–water partition coefficient (Wildman–Crippen LogP) is 3.11. The molecule has 0 aliphatic carbocycles. The molecule has 1 heterocycles. The number of benzene rings is 1. The second-order valence-corrected chi connectivity index (χ2v) is 6.22. The number of hydrogen-bond acceptors (Lipinski definition) is 4. The topological polar surface area (TPSA) is 83.6 Å². The van der Waals surface area contributed by atoms with Crippen LogP contribution in [0.2, 0.25) is 0 Å². The fourth-order valence-corrected chi connectivity index (χ4v) is 2.56. The number of rotatable bonds is 13. The summed E-state index contributed by atoms with van der Waals surface area (Å²) in [5.41, 5.74) is 2.08. The average Bonchev–Trinajstić information content (AvgIpc) is 3.09. The van der Waals surface area contributed by atoms with E-state index in [1.165, 1.54) is 0 Å². The van der Waals surface area contributed by atoms with E-state index in [4.69, 9.17) is 9.47 Å². The first-order chi connectivity index (χ1) is 13.3. The summed E-state index contributed by atoms with van der Waals surface area (Å²) >= 11 is 0. The van der Waals surface area contributed by atoms with Crippen LogP contribution in [0.3, 0.4) is 0 Å². The Kier molecular flexibility index (Phi) is 13.7. The quantitative estimate of drug-likeness (QED) is 0.169. The van der Waals surface area contributed by atoms with Gasteiger partial charge in [0.05, 0.1) is 37.4 Å². The van der Waals surface area contributed by atoms with Crippen LogP contribution in [0.25, 0.3) is 11.0 Å². The second kappa shape index (κ2) is 15.5. The number of para-hydroxylation sites is 2. The van der Waals surface area contributed by atoms with Gasteiger partial charge in [-0.25, -0.2) is 4.98 Å². The van der Waals surface area contributed by atoms with Crippen molar-refractivity contribution in [1.29, 1.82) is 0 Å². The lowest BCUT2D eigenvalue weighted by molar-refractivity contribution is 0.0497. The molecule has 158 valence electrons. The Balaban J connectivity index is 0.00000392. The number of imidazole rings is 1. The number of aromatic nitrogens is 2. The molecule has 0 atom stereocenters. The molecular formula is C20H34IN5O2. The third-order valence-electron chi connectivity index (χ3n) is 3.96. The van der Waals surface area contributed by atoms with Crippen LogP contribution >= 0.6 is 24.0 Å². The van der Waals surface area contributed by atoms with Crippen LogP contribution in [0.4, 0.5) is 0 Å². The third kappa shape index (κ3) is 9.70. The van der Waals surface area contributed by atoms with E-state index in [0.29, 0.717) is 26.4 Å². The molecule has 7 nitrogen and oxygen atoms in total. The molecule has 2 rings (SSSR count). The van der Waals surface area contributed by atoms with Crippen molar-refractivity contribution in [3.05, 3.63) is 30.1 Å². The zero-order chi connectivity index (χ0) is 19.2. The molecule has 0 fully saturated rings. The number of halogens is 1. The first-order valence-electron chi connectivity index (χ1n) is 9.94. The number of nitrogens with one attached hydrogen (secondary N) is 3. The van der Waals surface area contributed by atoms with E-state index in [1.54, 1.807) is 0 Å². The largest absolute Gasteiger partial charge is 0.379 e. The molecule has 3 N–H and O–H groups in total. The summed E-state index contributed by atoms with van der Waals surface area (Å²) in [7, 11) is 0. The number of aliphatic imine (C=N–C) groups is 1. The van der Waals surface area contributed by atoms with Gasteiger partial charge < -0.3 is 25.1 Å². The van der Waals surface area contributed by atoms with Crippen LogP contribution in [0, 0.1) is 0 Å². The van der Waals surface area contributed by atoms with Crippen molar-refractivity contribution in [2.45, 2.75) is 33.1 Å². The van der Waals surface area contributed by atoms with Gasteiger partial charge in [0, 0.05) is 26.1 Å². The summed E-state index contributed by atoms with van der Waals surface area (Å²) in [5.74, 6) is 1.78. The Bertz CT molecular complexity index is 644. The fraction of sp³-hybridized carbons (Fsp3) is 0.600. The lowest BCUT2D eigenvalue weighted by atomic mass is 10.3. The molecule has 0 spiro atoms. The summed E-state index contributed by atoms with van der Waals surface area (Å²) in [4.78, 5) is 12.5. The van der Waals surface area contributed by atoms with Crippen molar-refractivity contribution in [2.24, 2.45) is 4.99 Å². The molecule has 0 saturated heterocycles. The minimum Gasteiger partial charge on any atom is -0.379 e. The highest BCUT2D eigenvalue weighted by atomic mass is 127. The van der Waals surface area contributed by atoms with Gasteiger partial charge >= 0.3 is 0 Å². The van der Waals surface area contributed by atoms with Crippen molar-refractivity contribution in [3.8, 4) is 0 Å². The van der Waals surface area contributed by atoms with Gasteiger partial charge in [-0.1, -0.05) is 25.5 Å². The highest BCUT2D eigenvalue weighted by molar-refractivity contribution is 14.0. The number of unbranched alkanes of at least 4 members (excludes halogenated alkanes) is 1. The highest BCUT2D eigenvalue weighted by Gasteiger charge is 2.02. The van der Waals surface area contributed by atoms with Gasteiger partial charge in [-0.05, 0) is 25.5 Å². The van der Waals surface area contributed by atoms with Crippen LogP contribution in [-0.4, -0.2) is 62.0 Å². The lowest BCUT2D eigenvalue weighted by Crippen LogP contribution is -2.38. The van der Waals surface area contributed by atoms with Gasteiger partial charge in [-0.3, -0.25) is 4.99 Å². The van der Waals surface area contributed by atoms with Crippen molar-refractivity contribution >= 4 is 41.0 Å². The molecule has 28 heavy (non-hydrogen) atoms. The molecule has 0 saturated carbocycles. The van der Waals surface area contributed by atoms with E-state index >= 15 is 0 Å². The monoisotopic (exact) mass is 503 g/mol. The van der Waals surface area contributed by atoms with E-state index < -0.39 is 0 Å². The Morgan fingerprint density at radius 3 is 2.61 bits per heavy atom. The molecule has 0 amide bonds. The maximum atomic E-state index is 5.55. The molecule has 0 radical (unpaired) electrons. The molecule has 0 aliphatic heterocycles. The summed E-state index contributed by atoms with van der Waals surface area (Å²) in [6.45, 7) is 9.10. The smallest absolute Gasteiger partial charge is 0.191 e. The fourth-order valence-electron chi connectivity index (χ4n) is 2.56. The molecular weight excluding hydrogens is 469 g/mol. The Morgan fingerprint density at radius 2 is 1.86 bits per heavy atom. The summed E-state index contributed by atoms with van der Waals surface area (Å²) < 4.78 is 11.0. The lowest BCUT2D eigenvalue weighted by Gasteiger charge is -2.10. The number of ether oxygens (including phenoxy) is 2. The van der Waals surface area contributed by atoms with Gasteiger partial charge in [0.25, 0.3) is 0 Å². The molecule has 1 aromatic heterocycles. The summed E-state index contributed by atoms with van der Waals surface area (Å²) in [6.07, 6.45) is 3.08. The average molecular weight is 503 g/mol. The van der Waals surface area contributed by atoms with Gasteiger partial charge in [0.1, 0.15) is 5.82 Å². The summed E-state index contributed by atoms with van der Waals surface area (Å²) in [6, 6.07) is 8.07. The van der Waals surface area contributed by atoms with Gasteiger partial charge in [-0.2, -0.15) is 0 Å². The maximum absolute atomic E-state index is 5.55. The van der Waals surface area contributed by atoms with Crippen LogP contribution in [0.1, 0.15) is 32.5 Å². The number of nitrogens with zero attached hydrogens (tertiary/aromatic N) is 2. The predicted molar refractivity (Wildman–Crippen MR) is 126 cm³/mol. The second-order valence-electron chi connectivity index (χ2n) is 6.22. The van der Waals surface area contributed by atoms with E-state index in [9.17, 15) is 0 Å². The van der Waals surface area contributed by atoms with E-state index in [0.717, 1.165) is 61.8 Å². The van der Waals surface area contributed by atoms with Crippen LogP contribution in [0.15, 0.2) is 29.3 Å². The zero-order valence-corrected chi connectivity index (χ0v) is 19.3. The van der Waals surface area contributed by atoms with Crippen LogP contribution < -0.4 is 10.6 Å². The number of guanidine groups is 1. The molecule has 0 unspecified atom stereocenters. The van der Waals surface area contributed by atoms with Crippen molar-refractivity contribution in [1.82, 2.24) is 20.6 Å². The molecule has 0 aliphatic rings. The first-order valence-corrected chi connectivity index (χ1v) is 9.94. The number of aromatic amines is 1. The van der Waals surface area contributed by atoms with Crippen LogP contribution in [-0.2, 0) is 15.9 Å². The highest BCUT2D eigenvalue weighted by Crippen LogP contribution is 2.10. The van der Waals surface area contributed by atoms with Crippen LogP contribution in [0.5, 0.6) is 0 Å². The third-order valence-corrected chi connectivity index (χ3v) is 3.96. The molecule has 2 aromatic rings. The van der Waals surface area contributed by atoms with Crippen molar-refractivity contribution in [2.75, 3.05) is 46.1 Å². The van der Waals surface area contributed by atoms with Gasteiger partial charge in [0.15, 0.2) is 5.96 Å². The first kappa shape index (κ1) is 24.6. The molecule has 0 bridgehead atoms. The standard InChI is InChI=1S/C20H33N5O2.HI/c1-3-5-13-26-15-16-27-14-12-23-20(21-4-2)22-11-10-19-24-17-8-6-7-9-18(17)25-19;/h6-9H,3-5,10-16H2,1-2H3,(H,24,25)(H2,21,22,23);1H. The molecule has 8 heteroatoms. The minimum atomic E-state index is 0. The SMILES string of the molecule is CCCCOCCOCCN=C(NCC)NCCc1nc2ccccc2[nH]1.I. The molecule has 1 aromatic carbocycles. The number of H-pyrrole nitrogens is 1. The van der Waals surface area contributed by atoms with E-state index in [2.05, 4.69) is 39.4 Å². The van der Waals surface area contributed by atoms with Gasteiger partial charge in [0.2, 0.25) is 0 Å². The van der Waals surface area contributed by atoms with Gasteiger partial charge in [-0.15, -0.1) is 24.0 Å². The normalized spacial score (nSPS) is 11.4. The minimum absolute atomic E-state index is 0. The number of hydrogen-bond donors (Lipinski definition) is 3. The van der Waals surface area contributed by atoms with E-state index in [1.807, 2.05) is 24.3 Å². The Hall–Kier alpha value is -1.39. The zero-order valence-electron chi connectivity index (χ0n) is 17.0. The van der Waals surface area contributed by atoms with E-state index in [-0.39, 0.29) is 24.0 Å². The Morgan fingerprint density at radius 1 is 1.07 bits per heavy atom. The number of fused-ring (bicyclic) bond motifs is 1. The summed E-state index contributed by atoms with van der Waals surface area (Å²) in [5, 5.41) is 6.59. The van der Waals surface area contributed by atoms with Crippen molar-refractivity contribution < 1.29 is 9.47 Å². The Labute approximate surface area is 185 Å². The van der Waals surface area contributed by atoms with Crippen molar-refractivity contribution in [3.63, 3.8) is 0 Å².